The van der Waals surface area contributed by atoms with Gasteiger partial charge >= 0.3 is 5.97 Å². The third kappa shape index (κ3) is 4.19. The number of amides is 1. The van der Waals surface area contributed by atoms with Crippen molar-refractivity contribution >= 4 is 46.3 Å². The molecule has 1 aromatic rings. The van der Waals surface area contributed by atoms with Crippen molar-refractivity contribution in [3.63, 3.8) is 0 Å². The summed E-state index contributed by atoms with van der Waals surface area (Å²) >= 11 is 6.35. The SMILES string of the molecule is CCOc1ccc(/C=C2/SC(=S)N([C@H](C(=O)O)C(C)C)C2=O)cc1OC. The summed E-state index contributed by atoms with van der Waals surface area (Å²) < 4.78 is 11.0. The number of ether oxygens (including phenoxy) is 2. The van der Waals surface area contributed by atoms with E-state index >= 15 is 0 Å². The number of rotatable bonds is 7. The number of aliphatic carboxylic acids is 1. The lowest BCUT2D eigenvalue weighted by atomic mass is 10.0. The molecule has 0 aliphatic carbocycles. The Bertz CT molecular complexity index is 760. The molecule has 0 saturated carbocycles. The molecule has 0 unspecified atom stereocenters. The zero-order valence-corrected chi connectivity index (χ0v) is 16.6. The predicted molar refractivity (Wildman–Crippen MR) is 105 cm³/mol. The van der Waals surface area contributed by atoms with Crippen molar-refractivity contribution in [2.24, 2.45) is 5.92 Å². The van der Waals surface area contributed by atoms with Gasteiger partial charge in [-0.1, -0.05) is 43.9 Å². The fraction of sp³-hybridized carbons (Fsp3) is 0.389. The smallest absolute Gasteiger partial charge is 0.327 e. The number of methoxy groups -OCH3 is 1. The first-order chi connectivity index (χ1) is 12.3. The molecule has 0 bridgehead atoms. The molecule has 1 amide bonds. The molecule has 8 heteroatoms. The Balaban J connectivity index is 2.34. The van der Waals surface area contributed by atoms with E-state index in [0.717, 1.165) is 17.3 Å². The zero-order chi connectivity index (χ0) is 19.4. The number of thioether (sulfide) groups is 1. The Kier molecular flexibility index (Phi) is 6.66. The minimum absolute atomic E-state index is 0.250. The number of thiocarbonyl (C=S) groups is 1. The minimum Gasteiger partial charge on any atom is -0.493 e. The van der Waals surface area contributed by atoms with Crippen molar-refractivity contribution in [3.8, 4) is 11.5 Å². The summed E-state index contributed by atoms with van der Waals surface area (Å²) in [4.78, 5) is 25.8. The van der Waals surface area contributed by atoms with Crippen molar-refractivity contribution in [2.45, 2.75) is 26.8 Å². The summed E-state index contributed by atoms with van der Waals surface area (Å²) in [5.41, 5.74) is 0.738. The van der Waals surface area contributed by atoms with Crippen LogP contribution < -0.4 is 9.47 Å². The van der Waals surface area contributed by atoms with Gasteiger partial charge in [-0.05, 0) is 36.6 Å². The molecule has 140 valence electrons. The van der Waals surface area contributed by atoms with Gasteiger partial charge in [0, 0.05) is 0 Å². The van der Waals surface area contributed by atoms with Gasteiger partial charge in [0.2, 0.25) is 0 Å². The lowest BCUT2D eigenvalue weighted by Crippen LogP contribution is -2.47. The van der Waals surface area contributed by atoms with Crippen LogP contribution in [0.4, 0.5) is 0 Å². The number of nitrogens with zero attached hydrogens (tertiary/aromatic N) is 1. The van der Waals surface area contributed by atoms with E-state index in [1.54, 1.807) is 45.2 Å². The molecular formula is C18H21NO5S2. The number of carbonyl (C=O) groups excluding carboxylic acids is 1. The minimum atomic E-state index is -1.07. The van der Waals surface area contributed by atoms with Gasteiger partial charge in [-0.15, -0.1) is 0 Å². The van der Waals surface area contributed by atoms with Crippen molar-refractivity contribution in [1.82, 2.24) is 4.90 Å². The zero-order valence-electron chi connectivity index (χ0n) is 15.0. The van der Waals surface area contributed by atoms with Crippen LogP contribution >= 0.6 is 24.0 Å². The highest BCUT2D eigenvalue weighted by atomic mass is 32.2. The molecular weight excluding hydrogens is 374 g/mol. The number of benzene rings is 1. The summed E-state index contributed by atoms with van der Waals surface area (Å²) in [5.74, 6) is -0.554. The molecule has 1 saturated heterocycles. The van der Waals surface area contributed by atoms with E-state index in [0.29, 0.717) is 23.0 Å². The van der Waals surface area contributed by atoms with E-state index in [1.807, 2.05) is 6.92 Å². The molecule has 6 nitrogen and oxygen atoms in total. The van der Waals surface area contributed by atoms with Crippen molar-refractivity contribution in [1.29, 1.82) is 0 Å². The molecule has 1 fully saturated rings. The van der Waals surface area contributed by atoms with Crippen LogP contribution in [0.3, 0.4) is 0 Å². The monoisotopic (exact) mass is 395 g/mol. The molecule has 1 aromatic carbocycles. The highest BCUT2D eigenvalue weighted by Crippen LogP contribution is 2.36. The van der Waals surface area contributed by atoms with E-state index in [-0.39, 0.29) is 10.2 Å². The number of hydrogen-bond donors (Lipinski definition) is 1. The Labute approximate surface area is 162 Å². The average molecular weight is 396 g/mol. The van der Waals surface area contributed by atoms with Gasteiger partial charge in [0.1, 0.15) is 10.4 Å². The van der Waals surface area contributed by atoms with E-state index < -0.39 is 17.9 Å². The van der Waals surface area contributed by atoms with Crippen LogP contribution in [0.25, 0.3) is 6.08 Å². The number of hydrogen-bond acceptors (Lipinski definition) is 6. The maximum atomic E-state index is 12.7. The third-order valence-electron chi connectivity index (χ3n) is 3.77. The Morgan fingerprint density at radius 3 is 2.62 bits per heavy atom. The molecule has 1 heterocycles. The van der Waals surface area contributed by atoms with Crippen LogP contribution in [0.2, 0.25) is 0 Å². The maximum absolute atomic E-state index is 12.7. The highest BCUT2D eigenvalue weighted by molar-refractivity contribution is 8.26. The number of carbonyl (C=O) groups is 2. The Hall–Kier alpha value is -2.06. The fourth-order valence-electron chi connectivity index (χ4n) is 2.61. The Morgan fingerprint density at radius 2 is 2.08 bits per heavy atom. The normalized spacial score (nSPS) is 17.1. The summed E-state index contributed by atoms with van der Waals surface area (Å²) in [6.07, 6.45) is 1.68. The molecule has 26 heavy (non-hydrogen) atoms. The second-order valence-electron chi connectivity index (χ2n) is 5.92. The standard InChI is InChI=1S/C18H21NO5S2/c1-5-24-12-7-6-11(8-13(12)23-4)9-14-16(20)19(18(25)26-14)15(10(2)3)17(21)22/h6-10,15H,5H2,1-4H3,(H,21,22)/b14-9+/t15-/m0/s1. The second-order valence-corrected chi connectivity index (χ2v) is 7.60. The molecule has 0 aromatic heterocycles. The van der Waals surface area contributed by atoms with Crippen molar-refractivity contribution in [2.75, 3.05) is 13.7 Å². The maximum Gasteiger partial charge on any atom is 0.327 e. The first kappa shape index (κ1) is 20.3. The topological polar surface area (TPSA) is 76.1 Å². The van der Waals surface area contributed by atoms with E-state index in [2.05, 4.69) is 0 Å². The number of carboxylic acid groups (broad SMARTS) is 1. The van der Waals surface area contributed by atoms with Crippen LogP contribution in [0.15, 0.2) is 23.1 Å². The quantitative estimate of drug-likeness (QED) is 0.560. The van der Waals surface area contributed by atoms with Crippen LogP contribution in [0.5, 0.6) is 11.5 Å². The molecule has 0 radical (unpaired) electrons. The summed E-state index contributed by atoms with van der Waals surface area (Å²) in [5, 5.41) is 9.45. The first-order valence-electron chi connectivity index (χ1n) is 8.10. The molecule has 2 rings (SSSR count). The van der Waals surface area contributed by atoms with E-state index in [1.165, 1.54) is 4.90 Å². The van der Waals surface area contributed by atoms with Crippen molar-refractivity contribution < 1.29 is 24.2 Å². The van der Waals surface area contributed by atoms with Gasteiger partial charge in [0.15, 0.2) is 11.5 Å². The Morgan fingerprint density at radius 1 is 1.38 bits per heavy atom. The summed E-state index contributed by atoms with van der Waals surface area (Å²) in [6, 6.07) is 4.35. The van der Waals surface area contributed by atoms with E-state index in [4.69, 9.17) is 21.7 Å². The highest BCUT2D eigenvalue weighted by Gasteiger charge is 2.41. The second kappa shape index (κ2) is 8.55. The summed E-state index contributed by atoms with van der Waals surface area (Å²) in [6.45, 7) is 5.89. The van der Waals surface area contributed by atoms with Gasteiger partial charge in [-0.2, -0.15) is 0 Å². The summed E-state index contributed by atoms with van der Waals surface area (Å²) in [7, 11) is 1.54. The van der Waals surface area contributed by atoms with Gasteiger partial charge in [-0.25, -0.2) is 4.79 Å². The van der Waals surface area contributed by atoms with Crippen LogP contribution in [-0.4, -0.2) is 46.0 Å². The van der Waals surface area contributed by atoms with Crippen LogP contribution in [0, 0.1) is 5.92 Å². The van der Waals surface area contributed by atoms with E-state index in [9.17, 15) is 14.7 Å². The molecule has 1 N–H and O–H groups in total. The lowest BCUT2D eigenvalue weighted by molar-refractivity contribution is -0.146. The van der Waals surface area contributed by atoms with Gasteiger partial charge < -0.3 is 14.6 Å². The van der Waals surface area contributed by atoms with Crippen molar-refractivity contribution in [3.05, 3.63) is 28.7 Å². The molecule has 1 atom stereocenters. The van der Waals surface area contributed by atoms with Crippen LogP contribution in [-0.2, 0) is 9.59 Å². The molecule has 1 aliphatic heterocycles. The van der Waals surface area contributed by atoms with Gasteiger partial charge in [-0.3, -0.25) is 9.69 Å². The van der Waals surface area contributed by atoms with Gasteiger partial charge in [0.25, 0.3) is 5.91 Å². The van der Waals surface area contributed by atoms with Crippen LogP contribution in [0.1, 0.15) is 26.3 Å². The molecule has 0 spiro atoms. The largest absolute Gasteiger partial charge is 0.493 e. The third-order valence-corrected chi connectivity index (χ3v) is 5.10. The van der Waals surface area contributed by atoms with Gasteiger partial charge in [0.05, 0.1) is 18.6 Å². The predicted octanol–water partition coefficient (Wildman–Crippen LogP) is 3.40. The fourth-order valence-corrected chi connectivity index (χ4v) is 3.94. The number of carboxylic acids is 1. The molecule has 1 aliphatic rings. The lowest BCUT2D eigenvalue weighted by Gasteiger charge is -2.26. The average Bonchev–Trinajstić information content (AvgIpc) is 2.83. The first-order valence-corrected chi connectivity index (χ1v) is 9.33.